The topological polar surface area (TPSA) is 66.5 Å². The molecule has 1 amide bonds. The number of para-hydroxylation sites is 1. The van der Waals surface area contributed by atoms with E-state index in [1.165, 1.54) is 42.5 Å². The van der Waals surface area contributed by atoms with Crippen LogP contribution in [0, 0.1) is 5.82 Å². The number of anilines is 1. The maximum atomic E-state index is 13.9. The smallest absolute Gasteiger partial charge is 0.262 e. The highest BCUT2D eigenvalue weighted by molar-refractivity contribution is 7.92. The highest BCUT2D eigenvalue weighted by Gasteiger charge is 2.31. The van der Waals surface area contributed by atoms with Gasteiger partial charge in [0, 0.05) is 12.1 Å². The Bertz CT molecular complexity index is 1170. The van der Waals surface area contributed by atoms with Gasteiger partial charge in [-0.25, -0.2) is 12.8 Å². The number of nitrogens with one attached hydrogen (secondary N) is 1. The molecule has 5 nitrogen and oxygen atoms in total. The van der Waals surface area contributed by atoms with Crippen molar-refractivity contribution < 1.29 is 17.6 Å². The van der Waals surface area contributed by atoms with E-state index < -0.39 is 15.8 Å². The standard InChI is InChI=1S/C23H21FN2O3S/c24-20-12-4-5-13-21(20)25-30(28,29)19-11-6-10-18(16-19)23(27)26-15-7-14-22(26)17-8-2-1-3-9-17/h1-6,8-13,16,22,25H,7,14-15H2. The minimum Gasteiger partial charge on any atom is -0.332 e. The number of benzene rings is 3. The molecule has 1 fully saturated rings. The molecule has 1 aliphatic rings. The molecule has 1 aliphatic heterocycles. The second kappa shape index (κ2) is 8.28. The van der Waals surface area contributed by atoms with Gasteiger partial charge in [0.15, 0.2) is 0 Å². The van der Waals surface area contributed by atoms with Crippen LogP contribution in [0.3, 0.4) is 0 Å². The van der Waals surface area contributed by atoms with Gasteiger partial charge in [0.2, 0.25) is 0 Å². The zero-order valence-corrected chi connectivity index (χ0v) is 17.0. The number of sulfonamides is 1. The predicted octanol–water partition coefficient (Wildman–Crippen LogP) is 4.60. The summed E-state index contributed by atoms with van der Waals surface area (Å²) in [5.41, 5.74) is 1.21. The number of hydrogen-bond acceptors (Lipinski definition) is 3. The van der Waals surface area contributed by atoms with Gasteiger partial charge in [0.1, 0.15) is 5.82 Å². The van der Waals surface area contributed by atoms with Gasteiger partial charge in [-0.3, -0.25) is 9.52 Å². The first-order valence-corrected chi connectivity index (χ1v) is 11.2. The number of halogens is 1. The van der Waals surface area contributed by atoms with Gasteiger partial charge in [-0.05, 0) is 48.7 Å². The van der Waals surface area contributed by atoms with E-state index in [1.807, 2.05) is 30.3 Å². The number of carbonyl (C=O) groups excluding carboxylic acids is 1. The molecule has 3 aromatic rings. The van der Waals surface area contributed by atoms with Crippen LogP contribution in [0.1, 0.15) is 34.8 Å². The van der Waals surface area contributed by atoms with Crippen LogP contribution < -0.4 is 4.72 Å². The normalized spacial score (nSPS) is 16.4. The lowest BCUT2D eigenvalue weighted by molar-refractivity contribution is 0.0735. The first-order valence-electron chi connectivity index (χ1n) is 9.69. The molecular weight excluding hydrogens is 403 g/mol. The quantitative estimate of drug-likeness (QED) is 0.651. The lowest BCUT2D eigenvalue weighted by Gasteiger charge is -2.25. The number of likely N-dealkylation sites (tertiary alicyclic amines) is 1. The summed E-state index contributed by atoms with van der Waals surface area (Å²) in [7, 11) is -4.04. The number of amides is 1. The van der Waals surface area contributed by atoms with Crippen molar-refractivity contribution in [1.82, 2.24) is 4.90 Å². The second-order valence-electron chi connectivity index (χ2n) is 7.18. The summed E-state index contributed by atoms with van der Waals surface area (Å²) in [5, 5.41) is 0. The Kier molecular flexibility index (Phi) is 5.55. The number of nitrogens with zero attached hydrogens (tertiary/aromatic N) is 1. The van der Waals surface area contributed by atoms with Crippen LogP contribution in [0.4, 0.5) is 10.1 Å². The number of carbonyl (C=O) groups is 1. The van der Waals surface area contributed by atoms with E-state index in [2.05, 4.69) is 4.72 Å². The lowest BCUT2D eigenvalue weighted by Crippen LogP contribution is -2.30. The molecule has 1 saturated heterocycles. The monoisotopic (exact) mass is 424 g/mol. The highest BCUT2D eigenvalue weighted by atomic mass is 32.2. The van der Waals surface area contributed by atoms with Gasteiger partial charge in [-0.1, -0.05) is 48.5 Å². The Labute approximate surface area is 175 Å². The Balaban J connectivity index is 1.60. The summed E-state index contributed by atoms with van der Waals surface area (Å²) in [5.74, 6) is -0.889. The Morgan fingerprint density at radius 1 is 0.967 bits per heavy atom. The van der Waals surface area contributed by atoms with Crippen LogP contribution >= 0.6 is 0 Å². The van der Waals surface area contributed by atoms with E-state index >= 15 is 0 Å². The van der Waals surface area contributed by atoms with Gasteiger partial charge < -0.3 is 4.90 Å². The predicted molar refractivity (Wildman–Crippen MR) is 113 cm³/mol. The van der Waals surface area contributed by atoms with Gasteiger partial charge >= 0.3 is 0 Å². The summed E-state index contributed by atoms with van der Waals surface area (Å²) >= 11 is 0. The average Bonchev–Trinajstić information content (AvgIpc) is 3.25. The van der Waals surface area contributed by atoms with Crippen molar-refractivity contribution in [1.29, 1.82) is 0 Å². The fourth-order valence-electron chi connectivity index (χ4n) is 3.74. The molecule has 0 saturated carbocycles. The third kappa shape index (κ3) is 4.07. The van der Waals surface area contributed by atoms with Crippen LogP contribution in [0.2, 0.25) is 0 Å². The fourth-order valence-corrected chi connectivity index (χ4v) is 4.85. The van der Waals surface area contributed by atoms with E-state index in [4.69, 9.17) is 0 Å². The molecule has 0 bridgehead atoms. The van der Waals surface area contributed by atoms with E-state index in [9.17, 15) is 17.6 Å². The van der Waals surface area contributed by atoms with Crippen molar-refractivity contribution >= 4 is 21.6 Å². The summed E-state index contributed by atoms with van der Waals surface area (Å²) in [4.78, 5) is 14.9. The molecule has 1 N–H and O–H groups in total. The molecular formula is C23H21FN2O3S. The lowest BCUT2D eigenvalue weighted by atomic mass is 10.0. The molecule has 1 atom stereocenters. The van der Waals surface area contributed by atoms with Crippen LogP contribution in [-0.4, -0.2) is 25.8 Å². The molecule has 1 unspecified atom stereocenters. The average molecular weight is 424 g/mol. The van der Waals surface area contributed by atoms with Gasteiger partial charge in [-0.2, -0.15) is 0 Å². The van der Waals surface area contributed by atoms with E-state index in [-0.39, 0.29) is 28.1 Å². The summed E-state index contributed by atoms with van der Waals surface area (Å²) in [6.45, 7) is 0.614. The SMILES string of the molecule is O=C(c1cccc(S(=O)(=O)Nc2ccccc2F)c1)N1CCCC1c1ccccc1. The Morgan fingerprint density at radius 2 is 1.70 bits per heavy atom. The van der Waals surface area contributed by atoms with E-state index in [1.54, 1.807) is 11.0 Å². The van der Waals surface area contributed by atoms with Crippen molar-refractivity contribution in [2.75, 3.05) is 11.3 Å². The van der Waals surface area contributed by atoms with Crippen LogP contribution in [0.5, 0.6) is 0 Å². The Hall–Kier alpha value is -3.19. The van der Waals surface area contributed by atoms with Crippen LogP contribution in [-0.2, 0) is 10.0 Å². The third-order valence-electron chi connectivity index (χ3n) is 5.21. The van der Waals surface area contributed by atoms with Crippen molar-refractivity contribution in [2.45, 2.75) is 23.8 Å². The first kappa shape index (κ1) is 20.1. The maximum Gasteiger partial charge on any atom is 0.262 e. The third-order valence-corrected chi connectivity index (χ3v) is 6.57. The van der Waals surface area contributed by atoms with Crippen LogP contribution in [0.15, 0.2) is 83.8 Å². The minimum atomic E-state index is -4.04. The van der Waals surface area contributed by atoms with E-state index in [0.717, 1.165) is 18.4 Å². The minimum absolute atomic E-state index is 0.0319. The van der Waals surface area contributed by atoms with Crippen molar-refractivity contribution in [3.8, 4) is 0 Å². The van der Waals surface area contributed by atoms with Gasteiger partial charge in [0.05, 0.1) is 16.6 Å². The molecule has 0 radical (unpaired) electrons. The zero-order valence-electron chi connectivity index (χ0n) is 16.2. The fraction of sp³-hybridized carbons (Fsp3) is 0.174. The molecule has 0 aromatic heterocycles. The largest absolute Gasteiger partial charge is 0.332 e. The number of rotatable bonds is 5. The summed E-state index contributed by atoms with van der Waals surface area (Å²) in [6, 6.07) is 21.2. The molecule has 0 aliphatic carbocycles. The van der Waals surface area contributed by atoms with Gasteiger partial charge in [0.25, 0.3) is 15.9 Å². The molecule has 30 heavy (non-hydrogen) atoms. The number of hydrogen-bond donors (Lipinski definition) is 1. The molecule has 154 valence electrons. The highest BCUT2D eigenvalue weighted by Crippen LogP contribution is 2.33. The molecule has 3 aromatic carbocycles. The molecule has 0 spiro atoms. The summed E-state index contributed by atoms with van der Waals surface area (Å²) < 4.78 is 41.6. The van der Waals surface area contributed by atoms with Crippen molar-refractivity contribution in [3.63, 3.8) is 0 Å². The maximum absolute atomic E-state index is 13.9. The van der Waals surface area contributed by atoms with Gasteiger partial charge in [-0.15, -0.1) is 0 Å². The Morgan fingerprint density at radius 3 is 2.47 bits per heavy atom. The van der Waals surface area contributed by atoms with E-state index in [0.29, 0.717) is 6.54 Å². The zero-order chi connectivity index (χ0) is 21.1. The van der Waals surface area contributed by atoms with Crippen molar-refractivity contribution in [2.24, 2.45) is 0 Å². The molecule has 4 rings (SSSR count). The van der Waals surface area contributed by atoms with Crippen molar-refractivity contribution in [3.05, 3.63) is 95.8 Å². The molecule has 1 heterocycles. The van der Waals surface area contributed by atoms with Crippen LogP contribution in [0.25, 0.3) is 0 Å². The first-order chi connectivity index (χ1) is 14.5. The second-order valence-corrected chi connectivity index (χ2v) is 8.86. The summed E-state index contributed by atoms with van der Waals surface area (Å²) in [6.07, 6.45) is 1.75. The molecule has 7 heteroatoms.